The Morgan fingerprint density at radius 2 is 1.85 bits per heavy atom. The molecule has 2 amide bonds. The van der Waals surface area contributed by atoms with Crippen molar-refractivity contribution in [1.82, 2.24) is 5.32 Å². The Hall–Kier alpha value is -1.30. The van der Waals surface area contributed by atoms with Crippen LogP contribution in [0.5, 0.6) is 0 Å². The largest absolute Gasteiger partial charge is 0.345 e. The molecule has 1 fully saturated rings. The third kappa shape index (κ3) is 6.15. The molecule has 1 saturated carbocycles. The summed E-state index contributed by atoms with van der Waals surface area (Å²) in [5.41, 5.74) is 6.23. The van der Waals surface area contributed by atoms with E-state index >= 15 is 0 Å². The summed E-state index contributed by atoms with van der Waals surface area (Å²) in [6.07, 6.45) is 2.54. The number of nitrogens with two attached hydrogens (primary N) is 1. The summed E-state index contributed by atoms with van der Waals surface area (Å²) in [5, 5.41) is 6.20. The number of benzene rings is 1. The van der Waals surface area contributed by atoms with Crippen molar-refractivity contribution in [2.75, 3.05) is 11.9 Å². The lowest BCUT2D eigenvalue weighted by molar-refractivity contribution is -0.117. The van der Waals surface area contributed by atoms with Crippen molar-refractivity contribution < 1.29 is 9.59 Å². The number of halogens is 2. The minimum Gasteiger partial charge on any atom is -0.345 e. The molecule has 146 valence electrons. The van der Waals surface area contributed by atoms with Gasteiger partial charge >= 0.3 is 0 Å². The molecule has 7 heteroatoms. The minimum atomic E-state index is -0.425. The van der Waals surface area contributed by atoms with Gasteiger partial charge in [0.25, 0.3) is 5.91 Å². The fourth-order valence-corrected chi connectivity index (χ4v) is 3.03. The molecule has 1 atom stereocenters. The van der Waals surface area contributed by atoms with Gasteiger partial charge in [0.2, 0.25) is 5.91 Å². The molecule has 1 unspecified atom stereocenters. The monoisotopic (exact) mass is 401 g/mol. The highest BCUT2D eigenvalue weighted by atomic mass is 35.5. The van der Waals surface area contributed by atoms with Crippen molar-refractivity contribution in [2.45, 2.75) is 52.5 Å². The van der Waals surface area contributed by atoms with Crippen LogP contribution in [0.25, 0.3) is 0 Å². The number of hydrogen-bond acceptors (Lipinski definition) is 3. The maximum Gasteiger partial charge on any atom is 0.253 e. The Morgan fingerprint density at radius 1 is 1.23 bits per heavy atom. The fraction of sp³-hybridized carbons (Fsp3) is 0.579. The first-order valence-electron chi connectivity index (χ1n) is 8.66. The molecular formula is C19H29Cl2N3O2. The minimum absolute atomic E-state index is 0. The van der Waals surface area contributed by atoms with Crippen molar-refractivity contribution in [2.24, 2.45) is 17.1 Å². The molecule has 0 radical (unpaired) electrons. The van der Waals surface area contributed by atoms with Gasteiger partial charge in [0.05, 0.1) is 16.1 Å². The highest BCUT2D eigenvalue weighted by Gasteiger charge is 2.41. The molecule has 0 aliphatic heterocycles. The number of rotatable bonds is 6. The average Bonchev–Trinajstić information content (AvgIpc) is 3.32. The van der Waals surface area contributed by atoms with Crippen LogP contribution in [-0.2, 0) is 4.79 Å². The van der Waals surface area contributed by atoms with Crippen LogP contribution in [0, 0.1) is 11.3 Å². The predicted molar refractivity (Wildman–Crippen MR) is 109 cm³/mol. The van der Waals surface area contributed by atoms with E-state index in [1.807, 2.05) is 27.7 Å². The van der Waals surface area contributed by atoms with Crippen LogP contribution in [0.3, 0.4) is 0 Å². The highest BCUT2D eigenvalue weighted by molar-refractivity contribution is 6.34. The number of hydrogen-bond donors (Lipinski definition) is 3. The first-order chi connectivity index (χ1) is 11.5. The van der Waals surface area contributed by atoms with Crippen molar-refractivity contribution in [1.29, 1.82) is 0 Å². The lowest BCUT2D eigenvalue weighted by Crippen LogP contribution is -2.53. The average molecular weight is 402 g/mol. The molecule has 26 heavy (non-hydrogen) atoms. The molecule has 0 bridgehead atoms. The molecule has 1 aliphatic rings. The van der Waals surface area contributed by atoms with Gasteiger partial charge in [-0.05, 0) is 49.3 Å². The van der Waals surface area contributed by atoms with E-state index in [-0.39, 0.29) is 29.6 Å². The zero-order valence-electron chi connectivity index (χ0n) is 15.8. The number of nitrogens with one attached hydrogen (secondary N) is 2. The number of carbonyl (C=O) groups is 2. The second kappa shape index (κ2) is 8.59. The van der Waals surface area contributed by atoms with Gasteiger partial charge in [0.15, 0.2) is 0 Å². The summed E-state index contributed by atoms with van der Waals surface area (Å²) >= 11 is 6.20. The lowest BCUT2D eigenvalue weighted by Gasteiger charge is -2.29. The first-order valence-corrected chi connectivity index (χ1v) is 9.04. The van der Waals surface area contributed by atoms with E-state index in [2.05, 4.69) is 10.6 Å². The van der Waals surface area contributed by atoms with Crippen LogP contribution in [0.1, 0.15) is 57.3 Å². The molecule has 1 aromatic rings. The zero-order chi connectivity index (χ0) is 18.8. The molecule has 2 rings (SSSR count). The quantitative estimate of drug-likeness (QED) is 0.673. The molecular weight excluding hydrogens is 373 g/mol. The van der Waals surface area contributed by atoms with Gasteiger partial charge in [-0.2, -0.15) is 0 Å². The summed E-state index contributed by atoms with van der Waals surface area (Å²) < 4.78 is 0. The second-order valence-electron chi connectivity index (χ2n) is 8.33. The Morgan fingerprint density at radius 3 is 2.35 bits per heavy atom. The van der Waals surface area contributed by atoms with Crippen LogP contribution in [0.2, 0.25) is 5.02 Å². The Kier molecular flexibility index (Phi) is 7.52. The van der Waals surface area contributed by atoms with Crippen molar-refractivity contribution in [3.05, 3.63) is 28.8 Å². The third-order valence-corrected chi connectivity index (χ3v) is 4.82. The smallest absolute Gasteiger partial charge is 0.253 e. The van der Waals surface area contributed by atoms with Gasteiger partial charge in [0.1, 0.15) is 0 Å². The third-order valence-electron chi connectivity index (χ3n) is 4.49. The van der Waals surface area contributed by atoms with Gasteiger partial charge in [0, 0.05) is 18.7 Å². The zero-order valence-corrected chi connectivity index (χ0v) is 17.4. The van der Waals surface area contributed by atoms with Gasteiger partial charge in [-0.25, -0.2) is 0 Å². The highest BCUT2D eigenvalue weighted by Crippen LogP contribution is 2.39. The van der Waals surface area contributed by atoms with Gasteiger partial charge in [-0.3, -0.25) is 9.59 Å². The van der Waals surface area contributed by atoms with Crippen molar-refractivity contribution >= 4 is 41.5 Å². The van der Waals surface area contributed by atoms with Crippen LogP contribution < -0.4 is 16.4 Å². The fourth-order valence-electron chi connectivity index (χ4n) is 2.83. The molecule has 0 spiro atoms. The molecule has 0 aromatic heterocycles. The standard InChI is InChI=1S/C19H28ClN3O2.ClH/c1-18(2,3)10-16(24)22-13-7-8-15(20)14(9-13)17(25)23-19(4,11-21)12-5-6-12;/h7-9,12H,5-6,10-11,21H2,1-4H3,(H,22,24)(H,23,25);1H. The van der Waals surface area contributed by atoms with Crippen molar-refractivity contribution in [3.63, 3.8) is 0 Å². The topological polar surface area (TPSA) is 84.2 Å². The molecule has 0 saturated heterocycles. The molecule has 5 nitrogen and oxygen atoms in total. The van der Waals surface area contributed by atoms with E-state index in [0.29, 0.717) is 35.2 Å². The van der Waals surface area contributed by atoms with E-state index in [1.54, 1.807) is 18.2 Å². The van der Waals surface area contributed by atoms with Gasteiger partial charge < -0.3 is 16.4 Å². The lowest BCUT2D eigenvalue weighted by atomic mass is 9.92. The van der Waals surface area contributed by atoms with E-state index in [4.69, 9.17) is 17.3 Å². The van der Waals surface area contributed by atoms with Gasteiger partial charge in [-0.1, -0.05) is 32.4 Å². The van der Waals surface area contributed by atoms with E-state index < -0.39 is 5.54 Å². The van der Waals surface area contributed by atoms with Crippen LogP contribution in [0.4, 0.5) is 5.69 Å². The van der Waals surface area contributed by atoms with E-state index in [0.717, 1.165) is 12.8 Å². The molecule has 4 N–H and O–H groups in total. The molecule has 1 aromatic carbocycles. The maximum atomic E-state index is 12.7. The number of anilines is 1. The molecule has 1 aliphatic carbocycles. The summed E-state index contributed by atoms with van der Waals surface area (Å²) in [6, 6.07) is 4.94. The normalized spacial score (nSPS) is 16.2. The number of amides is 2. The van der Waals surface area contributed by atoms with Crippen LogP contribution >= 0.6 is 24.0 Å². The molecule has 0 heterocycles. The SMILES string of the molecule is CC(C)(C)CC(=O)Nc1ccc(Cl)c(C(=O)NC(C)(CN)C2CC2)c1.Cl. The first kappa shape index (κ1) is 22.7. The van der Waals surface area contributed by atoms with E-state index in [9.17, 15) is 9.59 Å². The summed E-state index contributed by atoms with van der Waals surface area (Å²) in [4.78, 5) is 24.8. The Labute approximate surface area is 166 Å². The maximum absolute atomic E-state index is 12.7. The van der Waals surface area contributed by atoms with E-state index in [1.165, 1.54) is 0 Å². The summed E-state index contributed by atoms with van der Waals surface area (Å²) in [5.74, 6) is 0.0534. The van der Waals surface area contributed by atoms with Crippen LogP contribution in [-0.4, -0.2) is 23.9 Å². The second-order valence-corrected chi connectivity index (χ2v) is 8.74. The van der Waals surface area contributed by atoms with Crippen molar-refractivity contribution in [3.8, 4) is 0 Å². The summed E-state index contributed by atoms with van der Waals surface area (Å²) in [6.45, 7) is 8.34. The Bertz CT molecular complexity index is 669. The predicted octanol–water partition coefficient (Wildman–Crippen LogP) is 3.99. The van der Waals surface area contributed by atoms with Gasteiger partial charge in [-0.15, -0.1) is 12.4 Å². The Balaban J connectivity index is 0.00000338. The van der Waals surface area contributed by atoms with Crippen LogP contribution in [0.15, 0.2) is 18.2 Å². The number of carbonyl (C=O) groups excluding carboxylic acids is 2. The summed E-state index contributed by atoms with van der Waals surface area (Å²) in [7, 11) is 0.